The molecule has 0 aromatic heterocycles. The minimum Gasteiger partial charge on any atom is -0.494 e. The number of ether oxygens (including phenoxy) is 1. The van der Waals surface area contributed by atoms with E-state index in [0.717, 1.165) is 18.6 Å². The maximum absolute atomic E-state index is 13.9. The number of hydrogen-bond acceptors (Lipinski definition) is 3. The van der Waals surface area contributed by atoms with E-state index in [-0.39, 0.29) is 11.0 Å². The summed E-state index contributed by atoms with van der Waals surface area (Å²) in [5, 5.41) is 10.2. The third-order valence-electron chi connectivity index (χ3n) is 2.85. The maximum atomic E-state index is 13.9. The number of methoxy groups -OCH3 is 1. The molecule has 1 N–H and O–H groups in total. The van der Waals surface area contributed by atoms with Crippen molar-refractivity contribution in [3.8, 4) is 5.75 Å². The molecular formula is C12H15FO2S. The van der Waals surface area contributed by atoms with E-state index in [0.29, 0.717) is 5.56 Å². The van der Waals surface area contributed by atoms with Crippen LogP contribution in [0.1, 0.15) is 24.5 Å². The Balaban J connectivity index is 2.25. The Kier molecular flexibility index (Phi) is 3.71. The van der Waals surface area contributed by atoms with Crippen LogP contribution in [-0.2, 0) is 0 Å². The molecule has 1 aromatic rings. The molecule has 4 heteroatoms. The lowest BCUT2D eigenvalue weighted by molar-refractivity contribution is 0.167. The molecule has 1 aliphatic heterocycles. The Morgan fingerprint density at radius 3 is 3.00 bits per heavy atom. The highest BCUT2D eigenvalue weighted by Crippen LogP contribution is 2.37. The molecule has 2 unspecified atom stereocenters. The molecule has 1 aromatic carbocycles. The fraction of sp³-hybridized carbons (Fsp3) is 0.500. The van der Waals surface area contributed by atoms with Crippen LogP contribution in [0.25, 0.3) is 0 Å². The molecule has 0 amide bonds. The molecule has 1 aliphatic rings. The second kappa shape index (κ2) is 5.06. The van der Waals surface area contributed by atoms with Crippen LogP contribution in [0.2, 0.25) is 0 Å². The summed E-state index contributed by atoms with van der Waals surface area (Å²) in [7, 11) is 1.43. The Bertz CT molecular complexity index is 364. The first kappa shape index (κ1) is 11.7. The zero-order valence-electron chi connectivity index (χ0n) is 9.15. The van der Waals surface area contributed by atoms with Crippen LogP contribution in [-0.4, -0.2) is 23.2 Å². The van der Waals surface area contributed by atoms with Crippen molar-refractivity contribution in [3.05, 3.63) is 29.6 Å². The predicted octanol–water partition coefficient (Wildman–Crippen LogP) is 2.76. The lowest BCUT2D eigenvalue weighted by Gasteiger charge is -2.18. The first-order valence-electron chi connectivity index (χ1n) is 5.36. The van der Waals surface area contributed by atoms with Crippen LogP contribution in [0.5, 0.6) is 5.75 Å². The molecule has 0 radical (unpaired) electrons. The lowest BCUT2D eigenvalue weighted by atomic mass is 10.0. The largest absolute Gasteiger partial charge is 0.494 e. The molecule has 2 atom stereocenters. The summed E-state index contributed by atoms with van der Waals surface area (Å²) >= 11 is 1.71. The number of hydrogen-bond donors (Lipinski definition) is 1. The third-order valence-corrected chi connectivity index (χ3v) is 4.29. The highest BCUT2D eigenvalue weighted by molar-refractivity contribution is 8.00. The summed E-state index contributed by atoms with van der Waals surface area (Å²) in [5.41, 5.74) is 0.346. The first-order chi connectivity index (χ1) is 7.74. The molecule has 16 heavy (non-hydrogen) atoms. The van der Waals surface area contributed by atoms with E-state index in [1.165, 1.54) is 7.11 Å². The van der Waals surface area contributed by atoms with Gasteiger partial charge in [0.2, 0.25) is 0 Å². The number of rotatable bonds is 3. The summed E-state index contributed by atoms with van der Waals surface area (Å²) in [4.78, 5) is 0. The van der Waals surface area contributed by atoms with Crippen molar-refractivity contribution in [1.29, 1.82) is 0 Å². The molecule has 2 rings (SSSR count). The monoisotopic (exact) mass is 242 g/mol. The fourth-order valence-corrected chi connectivity index (χ4v) is 3.26. The van der Waals surface area contributed by atoms with Crippen molar-refractivity contribution in [1.82, 2.24) is 0 Å². The van der Waals surface area contributed by atoms with Gasteiger partial charge in [-0.25, -0.2) is 4.39 Å². The van der Waals surface area contributed by atoms with E-state index in [4.69, 9.17) is 4.74 Å². The van der Waals surface area contributed by atoms with Crippen LogP contribution >= 0.6 is 11.8 Å². The second-order valence-electron chi connectivity index (χ2n) is 3.86. The van der Waals surface area contributed by atoms with Crippen LogP contribution < -0.4 is 4.74 Å². The van der Waals surface area contributed by atoms with Gasteiger partial charge in [0.25, 0.3) is 0 Å². The Morgan fingerprint density at radius 2 is 2.38 bits per heavy atom. The summed E-state index contributed by atoms with van der Waals surface area (Å²) in [6, 6.07) is 4.90. The number of halogens is 1. The Labute approximate surface area is 98.8 Å². The molecule has 0 aliphatic carbocycles. The van der Waals surface area contributed by atoms with Gasteiger partial charge in [0.1, 0.15) is 0 Å². The summed E-state index contributed by atoms with van der Waals surface area (Å²) in [6.45, 7) is 0. The predicted molar refractivity (Wildman–Crippen MR) is 63.4 cm³/mol. The zero-order chi connectivity index (χ0) is 11.5. The molecule has 1 fully saturated rings. The van der Waals surface area contributed by atoms with Crippen molar-refractivity contribution < 1.29 is 14.2 Å². The van der Waals surface area contributed by atoms with Crippen molar-refractivity contribution >= 4 is 11.8 Å². The molecule has 2 nitrogen and oxygen atoms in total. The number of thioether (sulfide) groups is 1. The van der Waals surface area contributed by atoms with Gasteiger partial charge in [0.15, 0.2) is 11.6 Å². The highest BCUT2D eigenvalue weighted by atomic mass is 32.2. The number of aliphatic hydroxyl groups is 1. The van der Waals surface area contributed by atoms with Gasteiger partial charge in [-0.15, -0.1) is 0 Å². The molecule has 1 saturated heterocycles. The molecule has 1 heterocycles. The van der Waals surface area contributed by atoms with Gasteiger partial charge in [-0.1, -0.05) is 12.1 Å². The summed E-state index contributed by atoms with van der Waals surface area (Å²) in [6.07, 6.45) is 1.31. The average molecular weight is 242 g/mol. The molecular weight excluding hydrogens is 227 g/mol. The molecule has 0 spiro atoms. The standard InChI is InChI=1S/C12H15FO2S/c1-15-9-5-2-4-8(11(9)13)12(14)10-6-3-7-16-10/h2,4-5,10,12,14H,3,6-7H2,1H3. The van der Waals surface area contributed by atoms with E-state index < -0.39 is 11.9 Å². The quantitative estimate of drug-likeness (QED) is 0.883. The molecule has 0 bridgehead atoms. The van der Waals surface area contributed by atoms with Gasteiger partial charge < -0.3 is 9.84 Å². The van der Waals surface area contributed by atoms with Crippen LogP contribution in [0.15, 0.2) is 18.2 Å². The van der Waals surface area contributed by atoms with E-state index in [1.54, 1.807) is 30.0 Å². The molecule has 0 saturated carbocycles. The van der Waals surface area contributed by atoms with Gasteiger partial charge in [-0.05, 0) is 24.7 Å². The second-order valence-corrected chi connectivity index (χ2v) is 5.21. The highest BCUT2D eigenvalue weighted by Gasteiger charge is 2.27. The van der Waals surface area contributed by atoms with E-state index in [2.05, 4.69) is 0 Å². The van der Waals surface area contributed by atoms with E-state index in [9.17, 15) is 9.50 Å². The van der Waals surface area contributed by atoms with E-state index in [1.807, 2.05) is 0 Å². The van der Waals surface area contributed by atoms with Gasteiger partial charge >= 0.3 is 0 Å². The van der Waals surface area contributed by atoms with Gasteiger partial charge in [-0.3, -0.25) is 0 Å². The van der Waals surface area contributed by atoms with Crippen LogP contribution in [0.3, 0.4) is 0 Å². The van der Waals surface area contributed by atoms with Crippen molar-refractivity contribution in [2.45, 2.75) is 24.2 Å². The van der Waals surface area contributed by atoms with Crippen LogP contribution in [0, 0.1) is 5.82 Å². The van der Waals surface area contributed by atoms with Crippen molar-refractivity contribution in [2.75, 3.05) is 12.9 Å². The first-order valence-corrected chi connectivity index (χ1v) is 6.41. The Hall–Kier alpha value is -0.740. The SMILES string of the molecule is COc1cccc(C(O)C2CCCS2)c1F. The summed E-state index contributed by atoms with van der Waals surface area (Å²) < 4.78 is 18.8. The van der Waals surface area contributed by atoms with Crippen molar-refractivity contribution in [2.24, 2.45) is 0 Å². The van der Waals surface area contributed by atoms with Gasteiger partial charge in [0, 0.05) is 10.8 Å². The number of benzene rings is 1. The topological polar surface area (TPSA) is 29.5 Å². The van der Waals surface area contributed by atoms with Gasteiger partial charge in [-0.2, -0.15) is 11.8 Å². The smallest absolute Gasteiger partial charge is 0.170 e. The lowest BCUT2D eigenvalue weighted by Crippen LogP contribution is -2.13. The number of aliphatic hydroxyl groups excluding tert-OH is 1. The minimum atomic E-state index is -0.734. The molecule has 88 valence electrons. The van der Waals surface area contributed by atoms with Crippen molar-refractivity contribution in [3.63, 3.8) is 0 Å². The Morgan fingerprint density at radius 1 is 1.56 bits per heavy atom. The van der Waals surface area contributed by atoms with E-state index >= 15 is 0 Å². The third kappa shape index (κ3) is 2.18. The fourth-order valence-electron chi connectivity index (χ4n) is 1.97. The van der Waals surface area contributed by atoms with Crippen LogP contribution in [0.4, 0.5) is 4.39 Å². The van der Waals surface area contributed by atoms with Gasteiger partial charge in [0.05, 0.1) is 13.2 Å². The zero-order valence-corrected chi connectivity index (χ0v) is 9.97. The summed E-state index contributed by atoms with van der Waals surface area (Å²) in [5.74, 6) is 0.803. The minimum absolute atomic E-state index is 0.113. The normalized spacial score (nSPS) is 22.1. The maximum Gasteiger partial charge on any atom is 0.170 e. The average Bonchev–Trinajstić information content (AvgIpc) is 2.82.